The summed E-state index contributed by atoms with van der Waals surface area (Å²) in [5.41, 5.74) is 5.06. The number of fused-ring (bicyclic) bond motifs is 1. The van der Waals surface area contributed by atoms with Crippen LogP contribution in [0.5, 0.6) is 5.75 Å². The van der Waals surface area contributed by atoms with Crippen molar-refractivity contribution in [3.05, 3.63) is 107 Å². The average molecular weight is 673 g/mol. The van der Waals surface area contributed by atoms with Crippen LogP contribution >= 0.6 is 0 Å². The molecule has 0 unspecified atom stereocenters. The number of benzene rings is 3. The largest absolute Gasteiger partial charge is 0.497 e. The molecule has 1 aliphatic rings. The lowest BCUT2D eigenvalue weighted by atomic mass is 9.87. The summed E-state index contributed by atoms with van der Waals surface area (Å²) < 4.78 is 22.8. The summed E-state index contributed by atoms with van der Waals surface area (Å²) in [7, 11) is 1.63. The van der Waals surface area contributed by atoms with E-state index >= 15 is 4.39 Å². The molecule has 2 aromatic heterocycles. The highest BCUT2D eigenvalue weighted by atomic mass is 19.1. The number of aromatic nitrogens is 3. The Morgan fingerprint density at radius 3 is 2.48 bits per heavy atom. The van der Waals surface area contributed by atoms with Crippen molar-refractivity contribution in [3.8, 4) is 28.7 Å². The predicted molar refractivity (Wildman–Crippen MR) is 193 cm³/mol. The van der Waals surface area contributed by atoms with Crippen LogP contribution in [0, 0.1) is 17.7 Å². The van der Waals surface area contributed by atoms with Crippen molar-refractivity contribution in [2.45, 2.75) is 58.7 Å². The molecule has 3 heterocycles. The minimum Gasteiger partial charge on any atom is -0.497 e. The Balaban J connectivity index is 1.28. The molecule has 0 radical (unpaired) electrons. The van der Waals surface area contributed by atoms with Gasteiger partial charge in [-0.1, -0.05) is 63.1 Å². The van der Waals surface area contributed by atoms with E-state index in [2.05, 4.69) is 43.2 Å². The van der Waals surface area contributed by atoms with E-state index in [4.69, 9.17) is 14.8 Å². The van der Waals surface area contributed by atoms with Crippen LogP contribution in [0.15, 0.2) is 79.0 Å². The van der Waals surface area contributed by atoms with Crippen LogP contribution < -0.4 is 15.4 Å². The molecule has 0 bridgehead atoms. The fraction of sp³-hybridized carbons (Fsp3) is 0.300. The Morgan fingerprint density at radius 1 is 1.04 bits per heavy atom. The van der Waals surface area contributed by atoms with Gasteiger partial charge in [0.2, 0.25) is 0 Å². The zero-order chi connectivity index (χ0) is 35.4. The topological polar surface area (TPSA) is 101 Å². The maximum atomic E-state index is 15.7. The second-order valence-electron chi connectivity index (χ2n) is 13.5. The number of amides is 2. The normalized spacial score (nSPS) is 14.3. The minimum absolute atomic E-state index is 0.0195. The second-order valence-corrected chi connectivity index (χ2v) is 13.5. The van der Waals surface area contributed by atoms with Gasteiger partial charge in [0.15, 0.2) is 11.5 Å². The monoisotopic (exact) mass is 672 g/mol. The van der Waals surface area contributed by atoms with Crippen molar-refractivity contribution in [3.63, 3.8) is 0 Å². The van der Waals surface area contributed by atoms with Gasteiger partial charge in [0, 0.05) is 43.0 Å². The standard InChI is InChI=1S/C40H41FN6O3/c1-6-7-35(48)46-21-19-31(25-46)44-37-36-33(18-20-42-38(36)47(45-37)24-26-8-16-32(50-5)17-9-26)28-10-11-29(34(41)22-28)23-43-39(49)27-12-14-30(15-13-27)40(2,3)4/h8-18,20,22,31H,19,21,23-25H2,1-5H3,(H,43,49)(H,44,45)/t31-/m1/s1. The van der Waals surface area contributed by atoms with Crippen LogP contribution in [0.1, 0.15) is 61.2 Å². The van der Waals surface area contributed by atoms with Gasteiger partial charge in [0.05, 0.1) is 19.0 Å². The fourth-order valence-electron chi connectivity index (χ4n) is 6.15. The molecular formula is C40H41FN6O3. The van der Waals surface area contributed by atoms with Crippen LogP contribution in [0.4, 0.5) is 10.2 Å². The first kappa shape index (κ1) is 34.2. The number of nitrogens with one attached hydrogen (secondary N) is 2. The summed E-state index contributed by atoms with van der Waals surface area (Å²) in [5, 5.41) is 12.1. The SMILES string of the molecule is CC#CC(=O)N1CC[C@@H](Nc2nn(Cc3ccc(OC)cc3)c3nccc(-c4ccc(CNC(=O)c5ccc(C(C)(C)C)cc5)c(F)c4)c23)C1. The summed E-state index contributed by atoms with van der Waals surface area (Å²) >= 11 is 0. The van der Waals surface area contributed by atoms with Crippen molar-refractivity contribution in [2.75, 3.05) is 25.5 Å². The summed E-state index contributed by atoms with van der Waals surface area (Å²) in [6, 6.07) is 22.1. The van der Waals surface area contributed by atoms with Crippen LogP contribution in [-0.4, -0.2) is 57.7 Å². The third-order valence-corrected chi connectivity index (χ3v) is 8.99. The van der Waals surface area contributed by atoms with E-state index in [-0.39, 0.29) is 29.8 Å². The molecular weight excluding hydrogens is 631 g/mol. The number of carbonyl (C=O) groups excluding carboxylic acids is 2. The average Bonchev–Trinajstić information content (AvgIpc) is 3.72. The van der Waals surface area contributed by atoms with Gasteiger partial charge in [-0.15, -0.1) is 0 Å². The molecule has 256 valence electrons. The summed E-state index contributed by atoms with van der Waals surface area (Å²) in [6.45, 7) is 9.59. The van der Waals surface area contributed by atoms with Gasteiger partial charge in [0.25, 0.3) is 11.8 Å². The molecule has 50 heavy (non-hydrogen) atoms. The first-order valence-corrected chi connectivity index (χ1v) is 16.7. The van der Waals surface area contributed by atoms with E-state index in [0.717, 1.165) is 34.2 Å². The molecule has 0 spiro atoms. The number of anilines is 1. The number of ether oxygens (including phenoxy) is 1. The van der Waals surface area contributed by atoms with Crippen molar-refractivity contribution < 1.29 is 18.7 Å². The number of likely N-dealkylation sites (tertiary alicyclic amines) is 1. The predicted octanol–water partition coefficient (Wildman–Crippen LogP) is 6.56. The lowest BCUT2D eigenvalue weighted by molar-refractivity contribution is -0.124. The molecule has 1 aliphatic heterocycles. The summed E-state index contributed by atoms with van der Waals surface area (Å²) in [4.78, 5) is 31.7. The zero-order valence-electron chi connectivity index (χ0n) is 29.0. The number of halogens is 1. The summed E-state index contributed by atoms with van der Waals surface area (Å²) in [5.74, 6) is 5.78. The van der Waals surface area contributed by atoms with Gasteiger partial charge in [-0.25, -0.2) is 14.1 Å². The smallest absolute Gasteiger partial charge is 0.298 e. The number of nitrogens with zero attached hydrogens (tertiary/aromatic N) is 4. The van der Waals surface area contributed by atoms with Crippen LogP contribution in [0.3, 0.4) is 0 Å². The molecule has 0 aliphatic carbocycles. The van der Waals surface area contributed by atoms with E-state index in [1.807, 2.05) is 53.2 Å². The third-order valence-electron chi connectivity index (χ3n) is 8.99. The van der Waals surface area contributed by atoms with Gasteiger partial charge < -0.3 is 20.3 Å². The molecule has 6 rings (SSSR count). The highest BCUT2D eigenvalue weighted by Crippen LogP contribution is 2.35. The molecule has 2 amide bonds. The van der Waals surface area contributed by atoms with Gasteiger partial charge in [-0.3, -0.25) is 9.59 Å². The molecule has 1 saturated heterocycles. The Labute approximate surface area is 291 Å². The van der Waals surface area contributed by atoms with Crippen molar-refractivity contribution in [1.82, 2.24) is 25.0 Å². The van der Waals surface area contributed by atoms with E-state index in [1.54, 1.807) is 43.3 Å². The summed E-state index contributed by atoms with van der Waals surface area (Å²) in [6.07, 6.45) is 2.43. The van der Waals surface area contributed by atoms with E-state index in [1.165, 1.54) is 6.07 Å². The van der Waals surface area contributed by atoms with Crippen molar-refractivity contribution in [1.29, 1.82) is 0 Å². The third kappa shape index (κ3) is 7.47. The van der Waals surface area contributed by atoms with Gasteiger partial charge in [-0.2, -0.15) is 5.10 Å². The molecule has 9 nitrogen and oxygen atoms in total. The number of rotatable bonds is 9. The number of carbonyl (C=O) groups is 2. The zero-order valence-corrected chi connectivity index (χ0v) is 29.0. The number of pyridine rings is 1. The maximum Gasteiger partial charge on any atom is 0.298 e. The molecule has 1 fully saturated rings. The van der Waals surface area contributed by atoms with Crippen LogP contribution in [0.2, 0.25) is 0 Å². The second kappa shape index (κ2) is 14.4. The van der Waals surface area contributed by atoms with Crippen LogP contribution in [0.25, 0.3) is 22.2 Å². The molecule has 5 aromatic rings. The quantitative estimate of drug-likeness (QED) is 0.172. The number of hydrogen-bond donors (Lipinski definition) is 2. The minimum atomic E-state index is -0.432. The maximum absolute atomic E-state index is 15.7. The highest BCUT2D eigenvalue weighted by Gasteiger charge is 2.28. The molecule has 0 saturated carbocycles. The molecule has 1 atom stereocenters. The molecule has 3 aromatic carbocycles. The first-order chi connectivity index (χ1) is 24.0. The number of hydrogen-bond acceptors (Lipinski definition) is 6. The Hall–Kier alpha value is -5.69. The van der Waals surface area contributed by atoms with Crippen LogP contribution in [-0.2, 0) is 23.3 Å². The van der Waals surface area contributed by atoms with E-state index in [9.17, 15) is 9.59 Å². The van der Waals surface area contributed by atoms with Gasteiger partial charge in [-0.05, 0) is 83.3 Å². The molecule has 10 heteroatoms. The fourth-order valence-corrected chi connectivity index (χ4v) is 6.15. The Morgan fingerprint density at radius 2 is 1.80 bits per heavy atom. The van der Waals surface area contributed by atoms with Crippen molar-refractivity contribution >= 4 is 28.7 Å². The Kier molecular flexibility index (Phi) is 9.86. The number of methoxy groups -OCH3 is 1. The Bertz CT molecular complexity index is 2090. The lowest BCUT2D eigenvalue weighted by Gasteiger charge is -2.19. The van der Waals surface area contributed by atoms with E-state index < -0.39 is 5.82 Å². The van der Waals surface area contributed by atoms with Crippen molar-refractivity contribution in [2.24, 2.45) is 0 Å². The van der Waals surface area contributed by atoms with Gasteiger partial charge >= 0.3 is 0 Å². The molecule has 2 N–H and O–H groups in total. The highest BCUT2D eigenvalue weighted by molar-refractivity contribution is 6.01. The lowest BCUT2D eigenvalue weighted by Crippen LogP contribution is -2.30. The first-order valence-electron chi connectivity index (χ1n) is 16.7. The van der Waals surface area contributed by atoms with E-state index in [0.29, 0.717) is 47.8 Å². The van der Waals surface area contributed by atoms with Gasteiger partial charge in [0.1, 0.15) is 11.6 Å².